The Morgan fingerprint density at radius 2 is 2.33 bits per heavy atom. The van der Waals surface area contributed by atoms with Gasteiger partial charge in [0.05, 0.1) is 13.2 Å². The molecule has 1 N–H and O–H groups in total. The Labute approximate surface area is 114 Å². The van der Waals surface area contributed by atoms with E-state index in [1.165, 1.54) is 11.3 Å². The third-order valence-electron chi connectivity index (χ3n) is 3.39. The minimum atomic E-state index is 0.473. The number of nitrogens with zero attached hydrogens (tertiary/aromatic N) is 1. The van der Waals surface area contributed by atoms with Crippen molar-refractivity contribution in [1.82, 2.24) is 5.32 Å². The minimum absolute atomic E-state index is 0.473. The van der Waals surface area contributed by atoms with Gasteiger partial charge < -0.3 is 15.0 Å². The van der Waals surface area contributed by atoms with Crippen LogP contribution in [0.2, 0.25) is 5.02 Å². The van der Waals surface area contributed by atoms with E-state index in [9.17, 15) is 0 Å². The van der Waals surface area contributed by atoms with E-state index >= 15 is 0 Å². The van der Waals surface area contributed by atoms with E-state index in [1.807, 2.05) is 12.1 Å². The molecule has 2 rings (SSSR count). The van der Waals surface area contributed by atoms with E-state index in [0.29, 0.717) is 6.04 Å². The summed E-state index contributed by atoms with van der Waals surface area (Å²) in [5.74, 6) is 0. The van der Waals surface area contributed by atoms with Crippen molar-refractivity contribution < 1.29 is 4.74 Å². The zero-order chi connectivity index (χ0) is 13.0. The highest BCUT2D eigenvalue weighted by Gasteiger charge is 2.14. The smallest absolute Gasteiger partial charge is 0.0620 e. The summed E-state index contributed by atoms with van der Waals surface area (Å²) in [4.78, 5) is 2.26. The lowest BCUT2D eigenvalue weighted by Crippen LogP contribution is -2.43. The van der Waals surface area contributed by atoms with E-state index < -0.39 is 0 Å². The molecule has 100 valence electrons. The zero-order valence-corrected chi connectivity index (χ0v) is 11.8. The maximum Gasteiger partial charge on any atom is 0.0620 e. The Kier molecular flexibility index (Phi) is 4.87. The summed E-state index contributed by atoms with van der Waals surface area (Å²) >= 11 is 6.05. The largest absolute Gasteiger partial charge is 0.379 e. The normalized spacial score (nSPS) is 19.8. The van der Waals surface area contributed by atoms with Gasteiger partial charge in [-0.2, -0.15) is 0 Å². The molecule has 0 aliphatic carbocycles. The van der Waals surface area contributed by atoms with Gasteiger partial charge >= 0.3 is 0 Å². The van der Waals surface area contributed by atoms with Crippen molar-refractivity contribution in [2.45, 2.75) is 19.4 Å². The standard InChI is InChI=1S/C14H21ClN2O/c1-11-3-4-12(15)9-14(11)17(2)7-5-13-10-18-8-6-16-13/h3-4,9,13,16H,5-8,10H2,1-2H3. The first kappa shape index (κ1) is 13.7. The van der Waals surface area contributed by atoms with Crippen LogP contribution < -0.4 is 10.2 Å². The van der Waals surface area contributed by atoms with Crippen molar-refractivity contribution in [3.63, 3.8) is 0 Å². The van der Waals surface area contributed by atoms with Crippen molar-refractivity contribution in [2.24, 2.45) is 0 Å². The average molecular weight is 269 g/mol. The fourth-order valence-electron chi connectivity index (χ4n) is 2.27. The van der Waals surface area contributed by atoms with Crippen molar-refractivity contribution in [1.29, 1.82) is 0 Å². The molecule has 0 saturated carbocycles. The predicted octanol–water partition coefficient (Wildman–Crippen LogP) is 2.46. The highest BCUT2D eigenvalue weighted by Crippen LogP contribution is 2.23. The van der Waals surface area contributed by atoms with E-state index in [4.69, 9.17) is 16.3 Å². The van der Waals surface area contributed by atoms with Gasteiger partial charge in [0, 0.05) is 36.9 Å². The number of rotatable bonds is 4. The van der Waals surface area contributed by atoms with Gasteiger partial charge in [0.2, 0.25) is 0 Å². The third-order valence-corrected chi connectivity index (χ3v) is 3.63. The Morgan fingerprint density at radius 3 is 3.06 bits per heavy atom. The van der Waals surface area contributed by atoms with Gasteiger partial charge in [-0.15, -0.1) is 0 Å². The molecule has 0 aromatic heterocycles. The van der Waals surface area contributed by atoms with Crippen LogP contribution in [0.3, 0.4) is 0 Å². The van der Waals surface area contributed by atoms with Gasteiger partial charge in [-0.3, -0.25) is 0 Å². The topological polar surface area (TPSA) is 24.5 Å². The number of ether oxygens (including phenoxy) is 1. The molecule has 1 atom stereocenters. The predicted molar refractivity (Wildman–Crippen MR) is 76.7 cm³/mol. The average Bonchev–Trinajstić information content (AvgIpc) is 2.40. The lowest BCUT2D eigenvalue weighted by molar-refractivity contribution is 0.0749. The lowest BCUT2D eigenvalue weighted by Gasteiger charge is -2.27. The maximum atomic E-state index is 6.05. The molecule has 1 aromatic carbocycles. The molecule has 18 heavy (non-hydrogen) atoms. The molecule has 4 heteroatoms. The van der Waals surface area contributed by atoms with Crippen LogP contribution in [-0.4, -0.2) is 39.4 Å². The Bertz CT molecular complexity index is 391. The van der Waals surface area contributed by atoms with Crippen LogP contribution in [0.1, 0.15) is 12.0 Å². The highest BCUT2D eigenvalue weighted by molar-refractivity contribution is 6.30. The second-order valence-corrected chi connectivity index (χ2v) is 5.30. The van der Waals surface area contributed by atoms with Crippen molar-refractivity contribution in [3.05, 3.63) is 28.8 Å². The number of aryl methyl sites for hydroxylation is 1. The van der Waals surface area contributed by atoms with Crippen LogP contribution in [0.4, 0.5) is 5.69 Å². The molecule has 1 heterocycles. The third kappa shape index (κ3) is 3.61. The molecule has 0 amide bonds. The summed E-state index contributed by atoms with van der Waals surface area (Å²) < 4.78 is 5.46. The molecule has 0 bridgehead atoms. The number of hydrogen-bond donors (Lipinski definition) is 1. The SMILES string of the molecule is Cc1ccc(Cl)cc1N(C)CCC1COCCN1. The van der Waals surface area contributed by atoms with E-state index in [2.05, 4.69) is 30.3 Å². The van der Waals surface area contributed by atoms with Crippen LogP contribution in [0, 0.1) is 6.92 Å². The Morgan fingerprint density at radius 1 is 1.50 bits per heavy atom. The molecular weight excluding hydrogens is 248 g/mol. The van der Waals surface area contributed by atoms with Crippen LogP contribution >= 0.6 is 11.6 Å². The summed E-state index contributed by atoms with van der Waals surface area (Å²) in [6.07, 6.45) is 1.09. The van der Waals surface area contributed by atoms with Crippen LogP contribution in [0.15, 0.2) is 18.2 Å². The minimum Gasteiger partial charge on any atom is -0.379 e. The van der Waals surface area contributed by atoms with E-state index in [-0.39, 0.29) is 0 Å². The zero-order valence-electron chi connectivity index (χ0n) is 11.1. The quantitative estimate of drug-likeness (QED) is 0.908. The number of hydrogen-bond acceptors (Lipinski definition) is 3. The summed E-state index contributed by atoms with van der Waals surface area (Å²) in [6, 6.07) is 6.50. The molecule has 0 spiro atoms. The molecule has 1 saturated heterocycles. The van der Waals surface area contributed by atoms with Gasteiger partial charge in [0.15, 0.2) is 0 Å². The molecule has 1 unspecified atom stereocenters. The summed E-state index contributed by atoms with van der Waals surface area (Å²) in [7, 11) is 2.11. The molecule has 0 radical (unpaired) electrons. The van der Waals surface area contributed by atoms with Gasteiger partial charge in [-0.05, 0) is 31.0 Å². The fraction of sp³-hybridized carbons (Fsp3) is 0.571. The molecule has 1 fully saturated rings. The molecule has 1 aromatic rings. The van der Waals surface area contributed by atoms with Crippen LogP contribution in [0.25, 0.3) is 0 Å². The highest BCUT2D eigenvalue weighted by atomic mass is 35.5. The Hall–Kier alpha value is -0.770. The van der Waals surface area contributed by atoms with Gasteiger partial charge in [-0.25, -0.2) is 0 Å². The van der Waals surface area contributed by atoms with Crippen molar-refractivity contribution in [3.8, 4) is 0 Å². The van der Waals surface area contributed by atoms with Crippen LogP contribution in [-0.2, 0) is 4.74 Å². The van der Waals surface area contributed by atoms with Crippen molar-refractivity contribution in [2.75, 3.05) is 38.3 Å². The second-order valence-electron chi connectivity index (χ2n) is 4.87. The number of anilines is 1. The van der Waals surface area contributed by atoms with E-state index in [0.717, 1.165) is 37.7 Å². The molecule has 3 nitrogen and oxygen atoms in total. The van der Waals surface area contributed by atoms with Gasteiger partial charge in [0.25, 0.3) is 0 Å². The summed E-state index contributed by atoms with van der Waals surface area (Å²) in [6.45, 7) is 5.74. The number of morpholine rings is 1. The van der Waals surface area contributed by atoms with Gasteiger partial charge in [-0.1, -0.05) is 17.7 Å². The fourth-order valence-corrected chi connectivity index (χ4v) is 2.44. The first-order chi connectivity index (χ1) is 8.66. The summed E-state index contributed by atoms with van der Waals surface area (Å²) in [5.41, 5.74) is 2.47. The molecule has 1 aliphatic rings. The first-order valence-corrected chi connectivity index (χ1v) is 6.83. The van der Waals surface area contributed by atoms with E-state index in [1.54, 1.807) is 0 Å². The summed E-state index contributed by atoms with van der Waals surface area (Å²) in [5, 5.41) is 4.27. The molecule has 1 aliphatic heterocycles. The second kappa shape index (κ2) is 6.41. The monoisotopic (exact) mass is 268 g/mol. The number of halogens is 1. The maximum absolute atomic E-state index is 6.05. The number of nitrogens with one attached hydrogen (secondary N) is 1. The van der Waals surface area contributed by atoms with Gasteiger partial charge in [0.1, 0.15) is 0 Å². The molecular formula is C14H21ClN2O. The Balaban J connectivity index is 1.90. The van der Waals surface area contributed by atoms with Crippen molar-refractivity contribution >= 4 is 17.3 Å². The lowest BCUT2D eigenvalue weighted by atomic mass is 10.1. The number of benzene rings is 1. The van der Waals surface area contributed by atoms with Crippen LogP contribution in [0.5, 0.6) is 0 Å². The first-order valence-electron chi connectivity index (χ1n) is 6.45.